The number of benzene rings is 1. The fourth-order valence-electron chi connectivity index (χ4n) is 5.44. The molecule has 8 nitrogen and oxygen atoms in total. The van der Waals surface area contributed by atoms with Crippen molar-refractivity contribution in [3.8, 4) is 0 Å². The SMILES string of the molecule is CC(=O)N1CC[C@@H]2CC[C@H](CN(C(=O)Cn3ccnc3)Cc3ccccc31)N2Cc1ccccn1. The second-order valence-corrected chi connectivity index (χ2v) is 9.48. The zero-order valence-corrected chi connectivity index (χ0v) is 20.2. The van der Waals surface area contributed by atoms with Gasteiger partial charge >= 0.3 is 0 Å². The van der Waals surface area contributed by atoms with E-state index in [2.05, 4.69) is 20.9 Å². The summed E-state index contributed by atoms with van der Waals surface area (Å²) in [7, 11) is 0. The molecule has 2 aromatic heterocycles. The van der Waals surface area contributed by atoms with Crippen molar-refractivity contribution in [1.29, 1.82) is 0 Å². The van der Waals surface area contributed by atoms with Crippen LogP contribution in [0.5, 0.6) is 0 Å². The van der Waals surface area contributed by atoms with Gasteiger partial charge in [-0.2, -0.15) is 0 Å². The van der Waals surface area contributed by atoms with E-state index in [0.717, 1.165) is 42.8 Å². The van der Waals surface area contributed by atoms with Crippen LogP contribution in [0.15, 0.2) is 67.4 Å². The summed E-state index contributed by atoms with van der Waals surface area (Å²) in [4.78, 5) is 41.3. The van der Waals surface area contributed by atoms with Gasteiger partial charge in [0.05, 0.1) is 12.0 Å². The number of aromatic nitrogens is 3. The molecule has 0 unspecified atom stereocenters. The summed E-state index contributed by atoms with van der Waals surface area (Å²) in [6.45, 7) is 4.38. The lowest BCUT2D eigenvalue weighted by atomic mass is 10.1. The quantitative estimate of drug-likeness (QED) is 0.583. The van der Waals surface area contributed by atoms with E-state index in [0.29, 0.717) is 25.7 Å². The highest BCUT2D eigenvalue weighted by Gasteiger charge is 2.36. The van der Waals surface area contributed by atoms with Crippen molar-refractivity contribution < 1.29 is 9.59 Å². The van der Waals surface area contributed by atoms with Gasteiger partial charge in [-0.3, -0.25) is 19.5 Å². The minimum Gasteiger partial charge on any atom is -0.335 e. The van der Waals surface area contributed by atoms with Gasteiger partial charge in [0.2, 0.25) is 11.8 Å². The average molecular weight is 473 g/mol. The van der Waals surface area contributed by atoms with E-state index in [1.165, 1.54) is 0 Å². The Labute approximate surface area is 206 Å². The van der Waals surface area contributed by atoms with Gasteiger partial charge in [0.15, 0.2) is 0 Å². The first-order valence-electron chi connectivity index (χ1n) is 12.3. The molecule has 8 heteroatoms. The smallest absolute Gasteiger partial charge is 0.242 e. The lowest BCUT2D eigenvalue weighted by Gasteiger charge is -2.33. The van der Waals surface area contributed by atoms with Crippen molar-refractivity contribution in [2.75, 3.05) is 18.0 Å². The Morgan fingerprint density at radius 3 is 2.60 bits per heavy atom. The second kappa shape index (κ2) is 10.4. The molecule has 0 radical (unpaired) electrons. The fraction of sp³-hybridized carbons (Fsp3) is 0.407. The number of nitrogens with zero attached hydrogens (tertiary/aromatic N) is 6. The van der Waals surface area contributed by atoms with Crippen molar-refractivity contribution >= 4 is 17.5 Å². The van der Waals surface area contributed by atoms with Crippen LogP contribution in [-0.2, 0) is 29.2 Å². The van der Waals surface area contributed by atoms with Gasteiger partial charge < -0.3 is 14.4 Å². The summed E-state index contributed by atoms with van der Waals surface area (Å²) in [5, 5.41) is 0. The van der Waals surface area contributed by atoms with Crippen LogP contribution in [0.3, 0.4) is 0 Å². The van der Waals surface area contributed by atoms with Gasteiger partial charge in [-0.05, 0) is 43.0 Å². The number of para-hydroxylation sites is 1. The summed E-state index contributed by atoms with van der Waals surface area (Å²) in [6, 6.07) is 14.6. The fourth-order valence-corrected chi connectivity index (χ4v) is 5.44. The standard InChI is InChI=1S/C27H32N6O2/c1-21(34)32-14-11-24-9-10-25(33(24)17-23-7-4-5-12-29-23)18-31(16-22-6-2-3-8-26(22)32)27(35)19-30-15-13-28-20-30/h2-8,12-13,15,20,24-25H,9-11,14,16-19H2,1H3/t24-,25+/m0/s1. The Morgan fingerprint density at radius 2 is 1.83 bits per heavy atom. The topological polar surface area (TPSA) is 74.6 Å². The van der Waals surface area contributed by atoms with Crippen LogP contribution < -0.4 is 4.90 Å². The van der Waals surface area contributed by atoms with Crippen LogP contribution in [-0.4, -0.2) is 61.3 Å². The maximum absolute atomic E-state index is 13.5. The molecule has 5 rings (SSSR count). The Hall–Kier alpha value is -3.52. The van der Waals surface area contributed by atoms with Crippen LogP contribution in [0, 0.1) is 0 Å². The Morgan fingerprint density at radius 1 is 1.00 bits per heavy atom. The van der Waals surface area contributed by atoms with E-state index in [9.17, 15) is 9.59 Å². The van der Waals surface area contributed by atoms with Crippen molar-refractivity contribution in [2.45, 2.75) is 57.9 Å². The van der Waals surface area contributed by atoms with E-state index in [1.54, 1.807) is 19.4 Å². The summed E-state index contributed by atoms with van der Waals surface area (Å²) < 4.78 is 1.81. The Kier molecular flexibility index (Phi) is 6.90. The van der Waals surface area contributed by atoms with Crippen LogP contribution in [0.1, 0.15) is 37.4 Å². The lowest BCUT2D eigenvalue weighted by Crippen LogP contribution is -2.45. The first-order chi connectivity index (χ1) is 17.1. The molecular weight excluding hydrogens is 440 g/mol. The molecule has 0 aliphatic carbocycles. The van der Waals surface area contributed by atoms with Crippen molar-refractivity contribution in [3.63, 3.8) is 0 Å². The van der Waals surface area contributed by atoms with Crippen molar-refractivity contribution in [2.24, 2.45) is 0 Å². The number of pyridine rings is 1. The normalized spacial score (nSPS) is 20.8. The molecule has 2 atom stereocenters. The molecule has 35 heavy (non-hydrogen) atoms. The van der Waals surface area contributed by atoms with E-state index >= 15 is 0 Å². The highest BCUT2D eigenvalue weighted by Crippen LogP contribution is 2.32. The molecule has 2 aliphatic heterocycles. The van der Waals surface area contributed by atoms with E-state index in [1.807, 2.05) is 63.2 Å². The minimum atomic E-state index is 0.0267. The molecule has 4 heterocycles. The highest BCUT2D eigenvalue weighted by atomic mass is 16.2. The number of fused-ring (bicyclic) bond motifs is 3. The zero-order chi connectivity index (χ0) is 24.2. The molecule has 0 spiro atoms. The molecule has 182 valence electrons. The number of carbonyl (C=O) groups excluding carboxylic acids is 2. The van der Waals surface area contributed by atoms with E-state index in [-0.39, 0.29) is 24.4 Å². The molecular formula is C27H32N6O2. The lowest BCUT2D eigenvalue weighted by molar-refractivity contribution is -0.133. The maximum Gasteiger partial charge on any atom is 0.242 e. The summed E-state index contributed by atoms with van der Waals surface area (Å²) in [6.07, 6.45) is 9.97. The van der Waals surface area contributed by atoms with Crippen molar-refractivity contribution in [3.05, 3.63) is 78.6 Å². The van der Waals surface area contributed by atoms with Gasteiger partial charge in [0, 0.05) is 69.5 Å². The van der Waals surface area contributed by atoms with Crippen molar-refractivity contribution in [1.82, 2.24) is 24.3 Å². The van der Waals surface area contributed by atoms with Gasteiger partial charge in [0.1, 0.15) is 6.54 Å². The third-order valence-electron chi connectivity index (χ3n) is 7.21. The highest BCUT2D eigenvalue weighted by molar-refractivity contribution is 5.92. The van der Waals surface area contributed by atoms with Crippen LogP contribution in [0.2, 0.25) is 0 Å². The zero-order valence-electron chi connectivity index (χ0n) is 20.2. The van der Waals surface area contributed by atoms with Gasteiger partial charge in [-0.25, -0.2) is 4.98 Å². The molecule has 2 amide bonds. The number of hydrogen-bond acceptors (Lipinski definition) is 5. The maximum atomic E-state index is 13.5. The predicted octanol–water partition coefficient (Wildman–Crippen LogP) is 3.10. The largest absolute Gasteiger partial charge is 0.335 e. The van der Waals surface area contributed by atoms with Gasteiger partial charge in [-0.15, -0.1) is 0 Å². The number of imidazole rings is 1. The van der Waals surface area contributed by atoms with Crippen LogP contribution in [0.4, 0.5) is 5.69 Å². The second-order valence-electron chi connectivity index (χ2n) is 9.48. The first-order valence-corrected chi connectivity index (χ1v) is 12.3. The number of rotatable bonds is 4. The third kappa shape index (κ3) is 5.27. The molecule has 0 saturated carbocycles. The summed E-state index contributed by atoms with van der Waals surface area (Å²) >= 11 is 0. The molecule has 3 aromatic rings. The number of anilines is 1. The van der Waals surface area contributed by atoms with E-state index < -0.39 is 0 Å². The predicted molar refractivity (Wildman–Crippen MR) is 133 cm³/mol. The van der Waals surface area contributed by atoms with Gasteiger partial charge in [-0.1, -0.05) is 24.3 Å². The van der Waals surface area contributed by atoms with Crippen LogP contribution in [0.25, 0.3) is 0 Å². The average Bonchev–Trinajstić information content (AvgIpc) is 3.49. The monoisotopic (exact) mass is 472 g/mol. The summed E-state index contributed by atoms with van der Waals surface area (Å²) in [5.41, 5.74) is 2.92. The molecule has 1 aromatic carbocycles. The number of hydrogen-bond donors (Lipinski definition) is 0. The third-order valence-corrected chi connectivity index (χ3v) is 7.21. The Bertz CT molecular complexity index is 1150. The van der Waals surface area contributed by atoms with Crippen LogP contribution >= 0.6 is 0 Å². The molecule has 1 saturated heterocycles. The van der Waals surface area contributed by atoms with Gasteiger partial charge in [0.25, 0.3) is 0 Å². The minimum absolute atomic E-state index is 0.0267. The summed E-state index contributed by atoms with van der Waals surface area (Å²) in [5.74, 6) is 0.0754. The molecule has 2 bridgehead atoms. The molecule has 0 N–H and O–H groups in total. The number of amides is 2. The first kappa shape index (κ1) is 23.2. The number of carbonyl (C=O) groups is 2. The molecule has 2 aliphatic rings. The van der Waals surface area contributed by atoms with E-state index in [4.69, 9.17) is 0 Å². The Balaban J connectivity index is 1.49. The molecule has 1 fully saturated rings.